The number of rotatable bonds is 5. The summed E-state index contributed by atoms with van der Waals surface area (Å²) in [6.45, 7) is 7.31. The minimum atomic E-state index is -0.494. The van der Waals surface area contributed by atoms with E-state index >= 15 is 0 Å². The summed E-state index contributed by atoms with van der Waals surface area (Å²) in [6, 6.07) is 4.46. The van der Waals surface area contributed by atoms with Gasteiger partial charge in [0.05, 0.1) is 18.6 Å². The molecule has 2 rings (SSSR count). The Labute approximate surface area is 153 Å². The number of likely N-dealkylation sites (tertiary alicyclic amines) is 1. The lowest BCUT2D eigenvalue weighted by molar-refractivity contribution is -0.385. The van der Waals surface area contributed by atoms with Gasteiger partial charge in [-0.2, -0.15) is 0 Å². The van der Waals surface area contributed by atoms with Crippen LogP contribution in [0.4, 0.5) is 10.5 Å². The zero-order valence-corrected chi connectivity index (χ0v) is 15.7. The van der Waals surface area contributed by atoms with E-state index in [9.17, 15) is 14.9 Å². The van der Waals surface area contributed by atoms with Gasteiger partial charge in [0.2, 0.25) is 5.75 Å². The molecule has 0 atom stereocenters. The third-order valence-electron chi connectivity index (χ3n) is 4.10. The monoisotopic (exact) mass is 366 g/mol. The van der Waals surface area contributed by atoms with Crippen LogP contribution in [0.15, 0.2) is 18.2 Å². The van der Waals surface area contributed by atoms with Crippen LogP contribution in [0.1, 0.15) is 33.6 Å². The summed E-state index contributed by atoms with van der Waals surface area (Å²) in [6.07, 6.45) is 1.36. The highest BCUT2D eigenvalue weighted by Crippen LogP contribution is 2.31. The van der Waals surface area contributed by atoms with Crippen molar-refractivity contribution in [3.8, 4) is 11.5 Å². The first-order valence-corrected chi connectivity index (χ1v) is 8.63. The fourth-order valence-corrected chi connectivity index (χ4v) is 2.72. The number of nitrogens with zero attached hydrogens (tertiary/aromatic N) is 2. The molecule has 1 aliphatic heterocycles. The minimum absolute atomic E-state index is 0.0921. The molecule has 0 saturated carbocycles. The van der Waals surface area contributed by atoms with Crippen molar-refractivity contribution in [2.24, 2.45) is 5.92 Å². The maximum Gasteiger partial charge on any atom is 0.410 e. The fraction of sp³-hybridized carbons (Fsp3) is 0.611. The lowest BCUT2D eigenvalue weighted by Gasteiger charge is -2.33. The second kappa shape index (κ2) is 8.25. The highest BCUT2D eigenvalue weighted by molar-refractivity contribution is 5.68. The quantitative estimate of drug-likeness (QED) is 0.584. The van der Waals surface area contributed by atoms with Gasteiger partial charge in [-0.25, -0.2) is 4.79 Å². The molecule has 0 N–H and O–H groups in total. The van der Waals surface area contributed by atoms with Crippen molar-refractivity contribution in [2.75, 3.05) is 26.8 Å². The second-order valence-electron chi connectivity index (χ2n) is 7.31. The van der Waals surface area contributed by atoms with Crippen molar-refractivity contribution in [2.45, 2.75) is 39.2 Å². The zero-order valence-electron chi connectivity index (χ0n) is 15.7. The van der Waals surface area contributed by atoms with Crippen LogP contribution in [0, 0.1) is 16.0 Å². The van der Waals surface area contributed by atoms with E-state index in [2.05, 4.69) is 0 Å². The number of ether oxygens (including phenoxy) is 3. The number of piperidine rings is 1. The fourth-order valence-electron chi connectivity index (χ4n) is 2.72. The molecule has 0 spiro atoms. The molecule has 0 bridgehead atoms. The summed E-state index contributed by atoms with van der Waals surface area (Å²) in [4.78, 5) is 24.2. The van der Waals surface area contributed by atoms with Gasteiger partial charge in [0.1, 0.15) is 11.4 Å². The van der Waals surface area contributed by atoms with Crippen LogP contribution >= 0.6 is 0 Å². The van der Waals surface area contributed by atoms with Crippen LogP contribution < -0.4 is 9.47 Å². The number of hydrogen-bond donors (Lipinski definition) is 0. The SMILES string of the molecule is COc1cc(OCC2CCN(C(=O)OC(C)(C)C)CC2)ccc1[N+](=O)[O-]. The van der Waals surface area contributed by atoms with E-state index < -0.39 is 10.5 Å². The molecule has 1 fully saturated rings. The van der Waals surface area contributed by atoms with Crippen LogP contribution in [0.25, 0.3) is 0 Å². The van der Waals surface area contributed by atoms with Crippen LogP contribution in [0.5, 0.6) is 11.5 Å². The summed E-state index contributed by atoms with van der Waals surface area (Å²) < 4.78 is 16.2. The first-order valence-electron chi connectivity index (χ1n) is 8.63. The number of carbonyl (C=O) groups is 1. The number of hydrogen-bond acceptors (Lipinski definition) is 6. The van der Waals surface area contributed by atoms with E-state index in [4.69, 9.17) is 14.2 Å². The van der Waals surface area contributed by atoms with E-state index in [1.165, 1.54) is 19.2 Å². The summed E-state index contributed by atoms with van der Waals surface area (Å²) >= 11 is 0. The molecule has 0 unspecified atom stereocenters. The van der Waals surface area contributed by atoms with Crippen molar-refractivity contribution < 1.29 is 23.9 Å². The molecule has 0 aliphatic carbocycles. The van der Waals surface area contributed by atoms with Gasteiger partial charge in [-0.05, 0) is 45.6 Å². The number of benzene rings is 1. The standard InChI is InChI=1S/C18H26N2O6/c1-18(2,3)26-17(21)19-9-7-13(8-10-19)12-25-14-5-6-15(20(22)23)16(11-14)24-4/h5-6,11,13H,7-10,12H2,1-4H3. The van der Waals surface area contributed by atoms with Crippen LogP contribution in [0.2, 0.25) is 0 Å². The van der Waals surface area contributed by atoms with Gasteiger partial charge in [-0.15, -0.1) is 0 Å². The van der Waals surface area contributed by atoms with E-state index in [1.807, 2.05) is 20.8 Å². The molecule has 0 radical (unpaired) electrons. The van der Waals surface area contributed by atoms with Crippen LogP contribution in [0.3, 0.4) is 0 Å². The zero-order chi connectivity index (χ0) is 19.3. The molecule has 1 saturated heterocycles. The number of nitro benzene ring substituents is 1. The largest absolute Gasteiger partial charge is 0.493 e. The molecule has 1 amide bonds. The maximum atomic E-state index is 12.1. The number of nitro groups is 1. The van der Waals surface area contributed by atoms with E-state index in [0.29, 0.717) is 31.4 Å². The molecule has 1 heterocycles. The van der Waals surface area contributed by atoms with E-state index in [-0.39, 0.29) is 17.5 Å². The molecule has 0 aromatic heterocycles. The summed E-state index contributed by atoms with van der Waals surface area (Å²) in [5.74, 6) is 1.02. The van der Waals surface area contributed by atoms with Gasteiger partial charge in [-0.3, -0.25) is 10.1 Å². The van der Waals surface area contributed by atoms with E-state index in [1.54, 1.807) is 11.0 Å². The predicted octanol–water partition coefficient (Wildman–Crippen LogP) is 3.63. The number of methoxy groups -OCH3 is 1. The molecular formula is C18H26N2O6. The van der Waals surface area contributed by atoms with Crippen molar-refractivity contribution in [3.63, 3.8) is 0 Å². The van der Waals surface area contributed by atoms with Gasteiger partial charge in [0.25, 0.3) is 0 Å². The lowest BCUT2D eigenvalue weighted by Crippen LogP contribution is -2.42. The van der Waals surface area contributed by atoms with Gasteiger partial charge in [-0.1, -0.05) is 0 Å². The number of amides is 1. The first-order chi connectivity index (χ1) is 12.2. The van der Waals surface area contributed by atoms with Crippen molar-refractivity contribution in [1.29, 1.82) is 0 Å². The Bertz CT molecular complexity index is 648. The Hall–Kier alpha value is -2.51. The molecule has 8 heteroatoms. The average molecular weight is 366 g/mol. The van der Waals surface area contributed by atoms with Crippen LogP contribution in [-0.2, 0) is 4.74 Å². The summed E-state index contributed by atoms with van der Waals surface area (Å²) in [7, 11) is 1.39. The third kappa shape index (κ3) is 5.50. The van der Waals surface area contributed by atoms with Crippen molar-refractivity contribution in [3.05, 3.63) is 28.3 Å². The molecule has 1 aromatic rings. The molecule has 1 aromatic carbocycles. The van der Waals surface area contributed by atoms with Crippen LogP contribution in [-0.4, -0.2) is 48.3 Å². The Kier molecular flexibility index (Phi) is 6.28. The highest BCUT2D eigenvalue weighted by atomic mass is 16.6. The number of carbonyl (C=O) groups excluding carboxylic acids is 1. The van der Waals surface area contributed by atoms with Gasteiger partial charge in [0.15, 0.2) is 0 Å². The maximum absolute atomic E-state index is 12.1. The highest BCUT2D eigenvalue weighted by Gasteiger charge is 2.27. The Morgan fingerprint density at radius 3 is 2.50 bits per heavy atom. The smallest absolute Gasteiger partial charge is 0.410 e. The summed E-state index contributed by atoms with van der Waals surface area (Å²) in [5.41, 5.74) is -0.586. The lowest BCUT2D eigenvalue weighted by atomic mass is 9.98. The summed E-state index contributed by atoms with van der Waals surface area (Å²) in [5, 5.41) is 10.9. The Morgan fingerprint density at radius 2 is 1.96 bits per heavy atom. The van der Waals surface area contributed by atoms with Gasteiger partial charge in [0, 0.05) is 25.2 Å². The molecular weight excluding hydrogens is 340 g/mol. The predicted molar refractivity (Wildman–Crippen MR) is 95.7 cm³/mol. The molecule has 1 aliphatic rings. The first kappa shape index (κ1) is 19.8. The molecule has 26 heavy (non-hydrogen) atoms. The van der Waals surface area contributed by atoms with Crippen molar-refractivity contribution >= 4 is 11.8 Å². The molecule has 144 valence electrons. The van der Waals surface area contributed by atoms with E-state index in [0.717, 1.165) is 12.8 Å². The normalized spacial score (nSPS) is 15.5. The average Bonchev–Trinajstić information content (AvgIpc) is 2.58. The second-order valence-corrected chi connectivity index (χ2v) is 7.31. The Morgan fingerprint density at radius 1 is 1.31 bits per heavy atom. The minimum Gasteiger partial charge on any atom is -0.493 e. The third-order valence-corrected chi connectivity index (χ3v) is 4.10. The molecule has 8 nitrogen and oxygen atoms in total. The Balaban J connectivity index is 1.83. The van der Waals surface area contributed by atoms with Gasteiger partial charge >= 0.3 is 11.8 Å². The van der Waals surface area contributed by atoms with Gasteiger partial charge < -0.3 is 19.1 Å². The van der Waals surface area contributed by atoms with Crippen molar-refractivity contribution in [1.82, 2.24) is 4.90 Å². The topological polar surface area (TPSA) is 91.1 Å².